The minimum absolute atomic E-state index is 0.0644. The van der Waals surface area contributed by atoms with Gasteiger partial charge in [-0.3, -0.25) is 0 Å². The van der Waals surface area contributed by atoms with Crippen LogP contribution in [-0.2, 0) is 12.0 Å². The van der Waals surface area contributed by atoms with Crippen molar-refractivity contribution in [2.24, 2.45) is 0 Å². The van der Waals surface area contributed by atoms with Crippen molar-refractivity contribution >= 4 is 0 Å². The van der Waals surface area contributed by atoms with Gasteiger partial charge in [-0.15, -0.1) is 0 Å². The monoisotopic (exact) mass is 267 g/mol. The lowest BCUT2D eigenvalue weighted by molar-refractivity contribution is 0.714. The summed E-state index contributed by atoms with van der Waals surface area (Å²) in [5.74, 6) is 0.999. The van der Waals surface area contributed by atoms with Gasteiger partial charge < -0.3 is 5.32 Å². The average molecular weight is 267 g/mol. The van der Waals surface area contributed by atoms with Gasteiger partial charge in [0.15, 0.2) is 0 Å². The fraction of sp³-hybridized carbons (Fsp3) is 0.412. The van der Waals surface area contributed by atoms with Gasteiger partial charge in [-0.1, -0.05) is 30.3 Å². The van der Waals surface area contributed by atoms with Crippen molar-refractivity contribution in [2.45, 2.75) is 38.6 Å². The third-order valence-corrected chi connectivity index (χ3v) is 4.28. The van der Waals surface area contributed by atoms with Gasteiger partial charge in [0.2, 0.25) is 0 Å². The highest BCUT2D eigenvalue weighted by Gasteiger charge is 2.48. The summed E-state index contributed by atoms with van der Waals surface area (Å²) in [4.78, 5) is 9.62. The number of nitrogens with zero attached hydrogens (tertiary/aromatic N) is 2. The third kappa shape index (κ3) is 2.12. The standard InChI is InChI=1S/C17H21N3/c1-12-15(11-18-3)13(2)20-16(19-12)17(9-10-17)14-7-5-4-6-8-14/h4-8,18H,9-11H2,1-3H3. The zero-order valence-corrected chi connectivity index (χ0v) is 12.4. The van der Waals surface area contributed by atoms with Crippen molar-refractivity contribution < 1.29 is 0 Å². The summed E-state index contributed by atoms with van der Waals surface area (Å²) >= 11 is 0. The molecule has 0 amide bonds. The zero-order chi connectivity index (χ0) is 14.2. The number of aryl methyl sites for hydroxylation is 2. The van der Waals surface area contributed by atoms with Gasteiger partial charge in [-0.25, -0.2) is 9.97 Å². The largest absolute Gasteiger partial charge is 0.316 e. The summed E-state index contributed by atoms with van der Waals surface area (Å²) in [6.45, 7) is 5.01. The number of aromatic nitrogens is 2. The molecule has 0 spiro atoms. The second-order valence-electron chi connectivity index (χ2n) is 5.68. The number of rotatable bonds is 4. The highest BCUT2D eigenvalue weighted by atomic mass is 14.9. The van der Waals surface area contributed by atoms with Crippen LogP contribution in [0.25, 0.3) is 0 Å². The molecule has 0 bridgehead atoms. The Labute approximate surface area is 120 Å². The van der Waals surface area contributed by atoms with E-state index in [0.717, 1.165) is 36.6 Å². The molecule has 0 atom stereocenters. The van der Waals surface area contributed by atoms with Crippen LogP contribution in [0, 0.1) is 13.8 Å². The lowest BCUT2D eigenvalue weighted by atomic mass is 9.94. The molecule has 1 fully saturated rings. The van der Waals surface area contributed by atoms with E-state index < -0.39 is 0 Å². The molecular formula is C17H21N3. The lowest BCUT2D eigenvalue weighted by Crippen LogP contribution is -2.18. The molecule has 1 aliphatic rings. The van der Waals surface area contributed by atoms with Crippen LogP contribution in [0.3, 0.4) is 0 Å². The van der Waals surface area contributed by atoms with Gasteiger partial charge >= 0.3 is 0 Å². The molecule has 0 unspecified atom stereocenters. The first kappa shape index (κ1) is 13.3. The molecule has 0 aliphatic heterocycles. The molecule has 0 radical (unpaired) electrons. The maximum Gasteiger partial charge on any atom is 0.139 e. The molecule has 20 heavy (non-hydrogen) atoms. The van der Waals surface area contributed by atoms with Crippen molar-refractivity contribution in [3.05, 3.63) is 58.7 Å². The van der Waals surface area contributed by atoms with Gasteiger partial charge in [0.05, 0.1) is 5.41 Å². The molecule has 104 valence electrons. The Morgan fingerprint density at radius 3 is 2.15 bits per heavy atom. The van der Waals surface area contributed by atoms with Crippen LogP contribution in [0.5, 0.6) is 0 Å². The minimum atomic E-state index is 0.0644. The van der Waals surface area contributed by atoms with Crippen LogP contribution in [0.4, 0.5) is 0 Å². The summed E-state index contributed by atoms with van der Waals surface area (Å²) in [5.41, 5.74) is 4.84. The molecule has 1 aromatic carbocycles. The third-order valence-electron chi connectivity index (χ3n) is 4.28. The Morgan fingerprint density at radius 1 is 1.05 bits per heavy atom. The van der Waals surface area contributed by atoms with Crippen molar-refractivity contribution in [3.63, 3.8) is 0 Å². The van der Waals surface area contributed by atoms with E-state index in [2.05, 4.69) is 49.5 Å². The zero-order valence-electron chi connectivity index (χ0n) is 12.4. The van der Waals surface area contributed by atoms with Crippen LogP contribution < -0.4 is 5.32 Å². The van der Waals surface area contributed by atoms with Crippen molar-refractivity contribution in [1.29, 1.82) is 0 Å². The van der Waals surface area contributed by atoms with Crippen molar-refractivity contribution in [2.75, 3.05) is 7.05 Å². The highest BCUT2D eigenvalue weighted by Crippen LogP contribution is 2.52. The van der Waals surface area contributed by atoms with E-state index in [-0.39, 0.29) is 5.41 Å². The molecule has 3 heteroatoms. The van der Waals surface area contributed by atoms with Gasteiger partial charge in [0.25, 0.3) is 0 Å². The maximum absolute atomic E-state index is 4.81. The minimum Gasteiger partial charge on any atom is -0.316 e. The second-order valence-corrected chi connectivity index (χ2v) is 5.68. The summed E-state index contributed by atoms with van der Waals surface area (Å²) in [6, 6.07) is 10.7. The quantitative estimate of drug-likeness (QED) is 0.925. The summed E-state index contributed by atoms with van der Waals surface area (Å²) < 4.78 is 0. The van der Waals surface area contributed by atoms with Crippen molar-refractivity contribution in [1.82, 2.24) is 15.3 Å². The molecule has 1 aromatic heterocycles. The van der Waals surface area contributed by atoms with Crippen LogP contribution in [0.2, 0.25) is 0 Å². The molecule has 1 heterocycles. The normalized spacial score (nSPS) is 16.1. The van der Waals surface area contributed by atoms with E-state index in [1.165, 1.54) is 11.1 Å². The highest BCUT2D eigenvalue weighted by molar-refractivity contribution is 5.40. The van der Waals surface area contributed by atoms with E-state index in [4.69, 9.17) is 9.97 Å². The van der Waals surface area contributed by atoms with Gasteiger partial charge in [-0.2, -0.15) is 0 Å². The van der Waals surface area contributed by atoms with Crippen LogP contribution >= 0.6 is 0 Å². The maximum atomic E-state index is 4.81. The van der Waals surface area contributed by atoms with E-state index in [1.54, 1.807) is 0 Å². The van der Waals surface area contributed by atoms with Crippen LogP contribution in [0.15, 0.2) is 30.3 Å². The predicted molar refractivity (Wildman–Crippen MR) is 80.7 cm³/mol. The fourth-order valence-electron chi connectivity index (χ4n) is 2.91. The van der Waals surface area contributed by atoms with Gasteiger partial charge in [0.1, 0.15) is 5.82 Å². The Kier molecular flexibility index (Phi) is 3.30. The number of hydrogen-bond acceptors (Lipinski definition) is 3. The molecular weight excluding hydrogens is 246 g/mol. The molecule has 3 nitrogen and oxygen atoms in total. The Hall–Kier alpha value is -1.74. The molecule has 1 aliphatic carbocycles. The van der Waals surface area contributed by atoms with Crippen molar-refractivity contribution in [3.8, 4) is 0 Å². The Morgan fingerprint density at radius 2 is 1.65 bits per heavy atom. The number of benzene rings is 1. The first-order chi connectivity index (χ1) is 9.67. The topological polar surface area (TPSA) is 37.8 Å². The molecule has 0 saturated heterocycles. The summed E-state index contributed by atoms with van der Waals surface area (Å²) in [5, 5.41) is 3.19. The van der Waals surface area contributed by atoms with Gasteiger partial charge in [-0.05, 0) is 39.3 Å². The average Bonchev–Trinajstić information content (AvgIpc) is 3.25. The molecule has 1 N–H and O–H groups in total. The van der Waals surface area contributed by atoms with E-state index in [0.29, 0.717) is 0 Å². The Balaban J connectivity index is 2.03. The summed E-state index contributed by atoms with van der Waals surface area (Å²) in [7, 11) is 1.96. The fourth-order valence-corrected chi connectivity index (χ4v) is 2.91. The summed E-state index contributed by atoms with van der Waals surface area (Å²) in [6.07, 6.45) is 2.31. The number of hydrogen-bond donors (Lipinski definition) is 1. The smallest absolute Gasteiger partial charge is 0.139 e. The van der Waals surface area contributed by atoms with E-state index >= 15 is 0 Å². The van der Waals surface area contributed by atoms with Crippen LogP contribution in [-0.4, -0.2) is 17.0 Å². The second kappa shape index (κ2) is 4.98. The first-order valence-electron chi connectivity index (χ1n) is 7.22. The molecule has 1 saturated carbocycles. The molecule has 2 aromatic rings. The van der Waals surface area contributed by atoms with Crippen LogP contribution in [0.1, 0.15) is 41.2 Å². The van der Waals surface area contributed by atoms with E-state index in [9.17, 15) is 0 Å². The predicted octanol–water partition coefficient (Wildman–Crippen LogP) is 2.89. The van der Waals surface area contributed by atoms with E-state index in [1.807, 2.05) is 7.05 Å². The first-order valence-corrected chi connectivity index (χ1v) is 7.22. The van der Waals surface area contributed by atoms with Gasteiger partial charge in [0, 0.05) is 23.5 Å². The SMILES string of the molecule is CNCc1c(C)nc(C2(c3ccccc3)CC2)nc1C. The molecule has 3 rings (SSSR count). The Bertz CT molecular complexity index is 592. The number of nitrogens with one attached hydrogen (secondary N) is 1. The lowest BCUT2D eigenvalue weighted by Gasteiger charge is -2.17.